The molecule has 2 unspecified atom stereocenters. The number of para-hydroxylation sites is 1. The van der Waals surface area contributed by atoms with Gasteiger partial charge in [-0.15, -0.1) is 0 Å². The molecule has 4 nitrogen and oxygen atoms in total. The Morgan fingerprint density at radius 1 is 1.47 bits per heavy atom. The molecule has 2 N–H and O–H groups in total. The molecule has 2 atom stereocenters. The molecule has 0 aromatic heterocycles. The van der Waals surface area contributed by atoms with E-state index in [9.17, 15) is 0 Å². The molecule has 1 heterocycles. The van der Waals surface area contributed by atoms with Gasteiger partial charge in [-0.05, 0) is 25.1 Å². The van der Waals surface area contributed by atoms with E-state index in [4.69, 9.17) is 15.2 Å². The first kappa shape index (κ1) is 12.4. The molecular weight excluding hydrogens is 216 g/mol. The van der Waals surface area contributed by atoms with Crippen molar-refractivity contribution in [3.63, 3.8) is 0 Å². The molecule has 1 aliphatic rings. The van der Waals surface area contributed by atoms with Crippen LogP contribution in [0.2, 0.25) is 0 Å². The lowest BCUT2D eigenvalue weighted by atomic mass is 10.2. The lowest BCUT2D eigenvalue weighted by Gasteiger charge is -2.14. The fourth-order valence-electron chi connectivity index (χ4n) is 1.99. The van der Waals surface area contributed by atoms with Crippen LogP contribution in [-0.2, 0) is 4.74 Å². The number of hydrogen-bond donors (Lipinski definition) is 1. The van der Waals surface area contributed by atoms with Crippen molar-refractivity contribution in [1.82, 2.24) is 4.90 Å². The molecule has 94 valence electrons. The molecular formula is C13H20N2O2. The highest BCUT2D eigenvalue weighted by atomic mass is 16.6. The van der Waals surface area contributed by atoms with E-state index in [-0.39, 0.29) is 12.5 Å². The monoisotopic (exact) mass is 236 g/mol. The van der Waals surface area contributed by atoms with Crippen molar-refractivity contribution in [3.05, 3.63) is 29.8 Å². The highest BCUT2D eigenvalue weighted by molar-refractivity contribution is 5.31. The molecule has 0 bridgehead atoms. The van der Waals surface area contributed by atoms with Crippen LogP contribution in [0.15, 0.2) is 24.3 Å². The first-order chi connectivity index (χ1) is 8.20. The fraction of sp³-hybridized carbons (Fsp3) is 0.538. The van der Waals surface area contributed by atoms with Gasteiger partial charge in [0.2, 0.25) is 0 Å². The number of benzene rings is 1. The summed E-state index contributed by atoms with van der Waals surface area (Å²) >= 11 is 0. The fourth-order valence-corrected chi connectivity index (χ4v) is 1.99. The minimum Gasteiger partial charge on any atom is -0.491 e. The third-order valence-electron chi connectivity index (χ3n) is 3.05. The lowest BCUT2D eigenvalue weighted by molar-refractivity contribution is -0.00864. The van der Waals surface area contributed by atoms with E-state index in [1.54, 1.807) is 0 Å². The quantitative estimate of drug-likeness (QED) is 0.857. The van der Waals surface area contributed by atoms with Gasteiger partial charge in [-0.3, -0.25) is 10.6 Å². The second kappa shape index (κ2) is 5.49. The minimum atomic E-state index is -0.287. The smallest absolute Gasteiger partial charge is 0.164 e. The van der Waals surface area contributed by atoms with Gasteiger partial charge in [0.05, 0.1) is 0 Å². The highest BCUT2D eigenvalue weighted by Gasteiger charge is 2.29. The van der Waals surface area contributed by atoms with Crippen molar-refractivity contribution in [3.8, 4) is 5.75 Å². The molecule has 2 rings (SSSR count). The van der Waals surface area contributed by atoms with Crippen LogP contribution >= 0.6 is 0 Å². The number of ether oxygens (including phenoxy) is 2. The Morgan fingerprint density at radius 3 is 2.88 bits per heavy atom. The van der Waals surface area contributed by atoms with Crippen LogP contribution in [0.5, 0.6) is 5.75 Å². The molecule has 1 aromatic carbocycles. The Labute approximate surface area is 102 Å². The van der Waals surface area contributed by atoms with Gasteiger partial charge in [-0.25, -0.2) is 0 Å². The van der Waals surface area contributed by atoms with Crippen molar-refractivity contribution in [2.24, 2.45) is 5.73 Å². The van der Waals surface area contributed by atoms with Gasteiger partial charge in [0.15, 0.2) is 6.35 Å². The predicted molar refractivity (Wildman–Crippen MR) is 66.8 cm³/mol. The lowest BCUT2D eigenvalue weighted by Crippen LogP contribution is -2.36. The standard InChI is InChI=1S/C13H20N2O2/c1-3-15-8-11(17-13(15)14)9-16-12-7-5-4-6-10(12)2/h4-7,11,13H,3,8-9,14H2,1-2H3. The van der Waals surface area contributed by atoms with E-state index in [1.807, 2.05) is 31.2 Å². The van der Waals surface area contributed by atoms with Crippen LogP contribution in [0.1, 0.15) is 12.5 Å². The molecule has 0 aliphatic carbocycles. The van der Waals surface area contributed by atoms with Gasteiger partial charge in [-0.2, -0.15) is 0 Å². The maximum absolute atomic E-state index is 5.83. The Hall–Kier alpha value is -1.10. The van der Waals surface area contributed by atoms with Crippen molar-refractivity contribution < 1.29 is 9.47 Å². The summed E-state index contributed by atoms with van der Waals surface area (Å²) in [6.45, 7) is 6.41. The molecule has 0 amide bonds. The summed E-state index contributed by atoms with van der Waals surface area (Å²) in [5, 5.41) is 0. The molecule has 0 spiro atoms. The van der Waals surface area contributed by atoms with Gasteiger partial charge in [-0.1, -0.05) is 25.1 Å². The maximum atomic E-state index is 5.83. The summed E-state index contributed by atoms with van der Waals surface area (Å²) in [6, 6.07) is 7.99. The number of rotatable bonds is 4. The molecule has 1 fully saturated rings. The summed E-state index contributed by atoms with van der Waals surface area (Å²) in [6.07, 6.45) is -0.227. The summed E-state index contributed by atoms with van der Waals surface area (Å²) in [5.74, 6) is 0.916. The van der Waals surface area contributed by atoms with E-state index in [0.717, 1.165) is 24.4 Å². The average molecular weight is 236 g/mol. The molecule has 4 heteroatoms. The zero-order valence-electron chi connectivity index (χ0n) is 10.4. The Balaban J connectivity index is 1.86. The van der Waals surface area contributed by atoms with Crippen LogP contribution in [0.3, 0.4) is 0 Å². The Kier molecular flexibility index (Phi) is 3.99. The van der Waals surface area contributed by atoms with Crippen molar-refractivity contribution in [2.45, 2.75) is 26.3 Å². The van der Waals surface area contributed by atoms with Gasteiger partial charge in [0.1, 0.15) is 18.5 Å². The molecule has 0 radical (unpaired) electrons. The third-order valence-corrected chi connectivity index (χ3v) is 3.05. The van der Waals surface area contributed by atoms with Crippen LogP contribution in [-0.4, -0.2) is 37.1 Å². The van der Waals surface area contributed by atoms with Gasteiger partial charge < -0.3 is 9.47 Å². The summed E-state index contributed by atoms with van der Waals surface area (Å²) in [7, 11) is 0. The molecule has 0 saturated carbocycles. The number of hydrogen-bond acceptors (Lipinski definition) is 4. The second-order valence-corrected chi connectivity index (χ2v) is 4.31. The normalized spacial score (nSPS) is 25.1. The van der Waals surface area contributed by atoms with Crippen molar-refractivity contribution >= 4 is 0 Å². The van der Waals surface area contributed by atoms with E-state index >= 15 is 0 Å². The number of nitrogens with zero attached hydrogens (tertiary/aromatic N) is 1. The van der Waals surface area contributed by atoms with Gasteiger partial charge >= 0.3 is 0 Å². The number of aryl methyl sites for hydroxylation is 1. The second-order valence-electron chi connectivity index (χ2n) is 4.31. The predicted octanol–water partition coefficient (Wildman–Crippen LogP) is 1.34. The van der Waals surface area contributed by atoms with Gasteiger partial charge in [0, 0.05) is 6.54 Å². The van der Waals surface area contributed by atoms with E-state index in [1.165, 1.54) is 0 Å². The summed E-state index contributed by atoms with van der Waals surface area (Å²) in [5.41, 5.74) is 6.97. The Bertz CT molecular complexity index is 370. The average Bonchev–Trinajstić information content (AvgIpc) is 2.69. The third kappa shape index (κ3) is 2.97. The van der Waals surface area contributed by atoms with Crippen LogP contribution in [0.4, 0.5) is 0 Å². The van der Waals surface area contributed by atoms with Crippen LogP contribution < -0.4 is 10.5 Å². The zero-order chi connectivity index (χ0) is 12.3. The first-order valence-electron chi connectivity index (χ1n) is 6.04. The van der Waals surface area contributed by atoms with E-state index < -0.39 is 0 Å². The topological polar surface area (TPSA) is 47.7 Å². The zero-order valence-corrected chi connectivity index (χ0v) is 10.4. The molecule has 1 aliphatic heterocycles. The van der Waals surface area contributed by atoms with E-state index in [2.05, 4.69) is 11.8 Å². The van der Waals surface area contributed by atoms with Crippen molar-refractivity contribution in [2.75, 3.05) is 19.7 Å². The summed E-state index contributed by atoms with van der Waals surface area (Å²) < 4.78 is 11.4. The molecule has 1 aromatic rings. The Morgan fingerprint density at radius 2 is 2.24 bits per heavy atom. The number of likely N-dealkylation sites (N-methyl/N-ethyl adjacent to an activating group) is 1. The highest BCUT2D eigenvalue weighted by Crippen LogP contribution is 2.18. The SMILES string of the molecule is CCN1CC(COc2ccccc2C)OC1N. The minimum absolute atomic E-state index is 0.0598. The van der Waals surface area contributed by atoms with Crippen LogP contribution in [0, 0.1) is 6.92 Å². The van der Waals surface area contributed by atoms with Crippen LogP contribution in [0.25, 0.3) is 0 Å². The summed E-state index contributed by atoms with van der Waals surface area (Å²) in [4.78, 5) is 2.09. The largest absolute Gasteiger partial charge is 0.491 e. The van der Waals surface area contributed by atoms with E-state index in [0.29, 0.717) is 6.61 Å². The maximum Gasteiger partial charge on any atom is 0.164 e. The molecule has 1 saturated heterocycles. The van der Waals surface area contributed by atoms with Crippen molar-refractivity contribution in [1.29, 1.82) is 0 Å². The number of nitrogens with two attached hydrogens (primary N) is 1. The van der Waals surface area contributed by atoms with Gasteiger partial charge in [0.25, 0.3) is 0 Å². The first-order valence-corrected chi connectivity index (χ1v) is 6.04. The molecule has 17 heavy (non-hydrogen) atoms.